The Kier molecular flexibility index (Phi) is 5.23. The highest BCUT2D eigenvalue weighted by molar-refractivity contribution is 5.89. The summed E-state index contributed by atoms with van der Waals surface area (Å²) >= 11 is 0. The summed E-state index contributed by atoms with van der Waals surface area (Å²) in [6, 6.07) is 5.11. The molecule has 0 bridgehead atoms. The quantitative estimate of drug-likeness (QED) is 0.799. The van der Waals surface area contributed by atoms with E-state index < -0.39 is 0 Å². The largest absolute Gasteiger partial charge is 0.490 e. The third-order valence-corrected chi connectivity index (χ3v) is 4.40. The van der Waals surface area contributed by atoms with Gasteiger partial charge < -0.3 is 25.2 Å². The van der Waals surface area contributed by atoms with Gasteiger partial charge in [0, 0.05) is 30.6 Å². The number of aliphatic hydroxyl groups is 1. The third kappa shape index (κ3) is 4.28. The van der Waals surface area contributed by atoms with Crippen LogP contribution in [0.1, 0.15) is 32.1 Å². The Labute approximate surface area is 136 Å². The highest BCUT2D eigenvalue weighted by Crippen LogP contribution is 2.32. The van der Waals surface area contributed by atoms with Crippen LogP contribution in [-0.4, -0.2) is 37.0 Å². The number of nitrogens with one attached hydrogen (secondary N) is 2. The van der Waals surface area contributed by atoms with Crippen molar-refractivity contribution in [2.75, 3.05) is 25.1 Å². The number of ether oxygens (including phenoxy) is 2. The molecule has 0 radical (unpaired) electrons. The number of aliphatic hydroxyl groups excluding tert-OH is 1. The number of rotatable bonds is 3. The van der Waals surface area contributed by atoms with Crippen molar-refractivity contribution in [3.63, 3.8) is 0 Å². The summed E-state index contributed by atoms with van der Waals surface area (Å²) in [5.41, 5.74) is 0.663. The lowest BCUT2D eigenvalue weighted by Gasteiger charge is -2.27. The van der Waals surface area contributed by atoms with Crippen LogP contribution in [0.15, 0.2) is 18.2 Å². The maximum absolute atomic E-state index is 12.0. The number of fused-ring (bicyclic) bond motifs is 1. The molecule has 6 nitrogen and oxygen atoms in total. The number of hydrogen-bond acceptors (Lipinski definition) is 4. The Morgan fingerprint density at radius 2 is 1.91 bits per heavy atom. The minimum atomic E-state index is -0.304. The molecule has 6 heteroatoms. The van der Waals surface area contributed by atoms with E-state index in [-0.39, 0.29) is 18.1 Å². The van der Waals surface area contributed by atoms with Crippen LogP contribution in [-0.2, 0) is 0 Å². The summed E-state index contributed by atoms with van der Waals surface area (Å²) in [5.74, 6) is 1.51. The maximum Gasteiger partial charge on any atom is 0.319 e. The smallest absolute Gasteiger partial charge is 0.319 e. The van der Waals surface area contributed by atoms with Gasteiger partial charge in [-0.1, -0.05) is 12.8 Å². The molecule has 1 fully saturated rings. The molecule has 1 aromatic carbocycles. The number of carbonyl (C=O) groups is 1. The highest BCUT2D eigenvalue weighted by atomic mass is 16.5. The molecular weight excluding hydrogens is 296 g/mol. The number of anilines is 1. The Hall–Kier alpha value is -1.95. The van der Waals surface area contributed by atoms with Crippen LogP contribution in [0.2, 0.25) is 0 Å². The first kappa shape index (κ1) is 15.9. The van der Waals surface area contributed by atoms with E-state index in [1.54, 1.807) is 18.2 Å². The third-order valence-electron chi connectivity index (χ3n) is 4.40. The van der Waals surface area contributed by atoms with Crippen molar-refractivity contribution >= 4 is 11.7 Å². The van der Waals surface area contributed by atoms with Crippen LogP contribution < -0.4 is 20.1 Å². The van der Waals surface area contributed by atoms with E-state index in [2.05, 4.69) is 10.6 Å². The Bertz CT molecular complexity index is 549. The molecule has 2 unspecified atom stereocenters. The zero-order valence-electron chi connectivity index (χ0n) is 13.2. The predicted octanol–water partition coefficient (Wildman–Crippen LogP) is 2.52. The van der Waals surface area contributed by atoms with Gasteiger partial charge in [0.15, 0.2) is 11.5 Å². The summed E-state index contributed by atoms with van der Waals surface area (Å²) in [7, 11) is 0. The first-order valence-electron chi connectivity index (χ1n) is 8.35. The van der Waals surface area contributed by atoms with Crippen molar-refractivity contribution in [3.8, 4) is 11.5 Å². The Balaban J connectivity index is 1.52. The van der Waals surface area contributed by atoms with Crippen LogP contribution in [0.5, 0.6) is 11.5 Å². The highest BCUT2D eigenvalue weighted by Gasteiger charge is 2.23. The van der Waals surface area contributed by atoms with Crippen molar-refractivity contribution in [1.82, 2.24) is 5.32 Å². The summed E-state index contributed by atoms with van der Waals surface area (Å²) in [5, 5.41) is 15.6. The second-order valence-electron chi connectivity index (χ2n) is 6.16. The Morgan fingerprint density at radius 3 is 2.74 bits per heavy atom. The van der Waals surface area contributed by atoms with Crippen molar-refractivity contribution in [2.45, 2.75) is 38.2 Å². The van der Waals surface area contributed by atoms with Gasteiger partial charge in [0.2, 0.25) is 0 Å². The topological polar surface area (TPSA) is 79.8 Å². The van der Waals surface area contributed by atoms with Gasteiger partial charge in [0.1, 0.15) is 0 Å². The Morgan fingerprint density at radius 1 is 1.13 bits per heavy atom. The van der Waals surface area contributed by atoms with Crippen molar-refractivity contribution in [3.05, 3.63) is 18.2 Å². The lowest BCUT2D eigenvalue weighted by Crippen LogP contribution is -2.38. The summed E-state index contributed by atoms with van der Waals surface area (Å²) in [4.78, 5) is 12.0. The molecule has 23 heavy (non-hydrogen) atoms. The van der Waals surface area contributed by atoms with E-state index in [0.29, 0.717) is 36.9 Å². The normalized spacial score (nSPS) is 23.7. The fourth-order valence-corrected chi connectivity index (χ4v) is 3.07. The second-order valence-corrected chi connectivity index (χ2v) is 6.16. The van der Waals surface area contributed by atoms with Crippen LogP contribution in [0.3, 0.4) is 0 Å². The molecule has 1 aliphatic carbocycles. The van der Waals surface area contributed by atoms with E-state index in [9.17, 15) is 9.90 Å². The fourth-order valence-electron chi connectivity index (χ4n) is 3.07. The van der Waals surface area contributed by atoms with Crippen molar-refractivity contribution < 1.29 is 19.4 Å². The van der Waals surface area contributed by atoms with Crippen LogP contribution >= 0.6 is 0 Å². The predicted molar refractivity (Wildman–Crippen MR) is 87.0 cm³/mol. The van der Waals surface area contributed by atoms with Crippen LogP contribution in [0, 0.1) is 5.92 Å². The standard InChI is InChI=1S/C17H24N2O4/c20-14-5-2-1-4-12(14)11-18-17(21)19-13-6-7-15-16(10-13)23-9-3-8-22-15/h6-7,10,12,14,20H,1-5,8-9,11H2,(H2,18,19,21). The van der Waals surface area contributed by atoms with Gasteiger partial charge in [-0.05, 0) is 25.0 Å². The minimum absolute atomic E-state index is 0.151. The molecule has 2 aliphatic rings. The average molecular weight is 320 g/mol. The summed E-state index contributed by atoms with van der Waals surface area (Å²) in [6.45, 7) is 1.75. The summed E-state index contributed by atoms with van der Waals surface area (Å²) in [6.07, 6.45) is 4.53. The summed E-state index contributed by atoms with van der Waals surface area (Å²) < 4.78 is 11.2. The number of hydrogen-bond donors (Lipinski definition) is 3. The number of benzene rings is 1. The van der Waals surface area contributed by atoms with Gasteiger partial charge in [0.25, 0.3) is 0 Å². The van der Waals surface area contributed by atoms with Gasteiger partial charge in [-0.3, -0.25) is 0 Å². The first-order chi connectivity index (χ1) is 11.2. The van der Waals surface area contributed by atoms with E-state index in [1.165, 1.54) is 0 Å². The van der Waals surface area contributed by atoms with Crippen LogP contribution in [0.25, 0.3) is 0 Å². The van der Waals surface area contributed by atoms with Gasteiger partial charge in [0.05, 0.1) is 19.3 Å². The van der Waals surface area contributed by atoms with Crippen molar-refractivity contribution in [2.24, 2.45) is 5.92 Å². The lowest BCUT2D eigenvalue weighted by atomic mass is 9.86. The molecule has 1 aliphatic heterocycles. The van der Waals surface area contributed by atoms with Gasteiger partial charge >= 0.3 is 6.03 Å². The molecule has 1 aromatic rings. The van der Waals surface area contributed by atoms with E-state index in [1.807, 2.05) is 0 Å². The van der Waals surface area contributed by atoms with Gasteiger partial charge in [-0.25, -0.2) is 4.79 Å². The molecular formula is C17H24N2O4. The van der Waals surface area contributed by atoms with Crippen molar-refractivity contribution in [1.29, 1.82) is 0 Å². The first-order valence-corrected chi connectivity index (χ1v) is 8.35. The lowest BCUT2D eigenvalue weighted by molar-refractivity contribution is 0.0712. The molecule has 3 N–H and O–H groups in total. The fraction of sp³-hybridized carbons (Fsp3) is 0.588. The molecule has 0 aromatic heterocycles. The maximum atomic E-state index is 12.0. The molecule has 0 saturated heterocycles. The van der Waals surface area contributed by atoms with Gasteiger partial charge in [-0.15, -0.1) is 0 Å². The van der Waals surface area contributed by atoms with E-state index in [0.717, 1.165) is 32.1 Å². The van der Waals surface area contributed by atoms with Gasteiger partial charge in [-0.2, -0.15) is 0 Å². The zero-order chi connectivity index (χ0) is 16.1. The number of carbonyl (C=O) groups excluding carboxylic acids is 1. The molecule has 1 saturated carbocycles. The minimum Gasteiger partial charge on any atom is -0.490 e. The molecule has 1 heterocycles. The molecule has 3 rings (SSSR count). The average Bonchev–Trinajstić information content (AvgIpc) is 2.79. The molecule has 2 amide bonds. The molecule has 0 spiro atoms. The van der Waals surface area contributed by atoms with Crippen LogP contribution in [0.4, 0.5) is 10.5 Å². The van der Waals surface area contributed by atoms with E-state index >= 15 is 0 Å². The molecule has 126 valence electrons. The monoisotopic (exact) mass is 320 g/mol. The molecule has 2 atom stereocenters. The SMILES string of the molecule is O=C(NCC1CCCCC1O)Nc1ccc2c(c1)OCCCO2. The van der Waals surface area contributed by atoms with E-state index in [4.69, 9.17) is 9.47 Å². The zero-order valence-corrected chi connectivity index (χ0v) is 13.2. The second kappa shape index (κ2) is 7.55. The number of amides is 2. The number of urea groups is 1.